The number of alkyl halides is 1. The Kier molecular flexibility index (Phi) is 1.22. The van der Waals surface area contributed by atoms with Gasteiger partial charge in [0.1, 0.15) is 5.67 Å². The number of nitrogens with one attached hydrogen (secondary N) is 1. The third kappa shape index (κ3) is 1.28. The van der Waals surface area contributed by atoms with Crippen molar-refractivity contribution in [1.82, 2.24) is 4.84 Å². The van der Waals surface area contributed by atoms with E-state index in [0.717, 1.165) is 0 Å². The molecule has 0 spiro atoms. The van der Waals surface area contributed by atoms with Crippen molar-refractivity contribution in [3.05, 3.63) is 0 Å². The molecule has 1 aliphatic rings. The first-order chi connectivity index (χ1) is 3.27. The van der Waals surface area contributed by atoms with Crippen LogP contribution in [0.1, 0.15) is 12.8 Å². The Morgan fingerprint density at radius 2 is 2.29 bits per heavy atom. The molecular weight excluding hydrogens is 117 g/mol. The van der Waals surface area contributed by atoms with E-state index in [0.29, 0.717) is 19.4 Å². The first-order valence-electron chi connectivity index (χ1n) is 2.29. The molecule has 1 N–H and O–H groups in total. The number of halogens is 2. The minimum atomic E-state index is -0.943. The fourth-order valence-corrected chi connectivity index (χ4v) is 0.672. The molecule has 0 saturated heterocycles. The molecule has 7 heavy (non-hydrogen) atoms. The zero-order chi connectivity index (χ0) is 5.33. The first-order valence-corrected chi connectivity index (χ1v) is 2.67. The maximum Gasteiger partial charge on any atom is 0.125 e. The number of hydrogen-bond acceptors (Lipinski definition) is 1. The summed E-state index contributed by atoms with van der Waals surface area (Å²) in [4.78, 5) is 2.27. The third-order valence-corrected chi connectivity index (χ3v) is 1.31. The molecule has 0 bridgehead atoms. The second kappa shape index (κ2) is 1.60. The highest BCUT2D eigenvalue weighted by Gasteiger charge is 2.42. The molecule has 0 aromatic rings. The van der Waals surface area contributed by atoms with Gasteiger partial charge in [-0.15, -0.1) is 0 Å². The van der Waals surface area contributed by atoms with Gasteiger partial charge in [0.15, 0.2) is 0 Å². The lowest BCUT2D eigenvalue weighted by Crippen LogP contribution is -2.16. The standard InChI is InChI=1S/C4H7ClFN/c5-7-3-4(6)1-2-4/h7H,1-3H2. The Labute approximate surface area is 47.0 Å². The molecule has 42 valence electrons. The lowest BCUT2D eigenvalue weighted by molar-refractivity contribution is 0.311. The molecule has 0 unspecified atom stereocenters. The first kappa shape index (κ1) is 5.32. The van der Waals surface area contributed by atoms with Crippen LogP contribution >= 0.6 is 11.8 Å². The summed E-state index contributed by atoms with van der Waals surface area (Å²) in [6.45, 7) is 0.300. The Morgan fingerprint density at radius 3 is 2.43 bits per heavy atom. The minimum absolute atomic E-state index is 0.300. The monoisotopic (exact) mass is 123 g/mol. The van der Waals surface area contributed by atoms with Crippen LogP contribution in [0.25, 0.3) is 0 Å². The van der Waals surface area contributed by atoms with E-state index in [1.165, 1.54) is 0 Å². The van der Waals surface area contributed by atoms with E-state index < -0.39 is 5.67 Å². The van der Waals surface area contributed by atoms with Crippen molar-refractivity contribution in [3.8, 4) is 0 Å². The van der Waals surface area contributed by atoms with Gasteiger partial charge in [0.2, 0.25) is 0 Å². The van der Waals surface area contributed by atoms with E-state index in [9.17, 15) is 4.39 Å². The van der Waals surface area contributed by atoms with Crippen molar-refractivity contribution in [2.24, 2.45) is 0 Å². The van der Waals surface area contributed by atoms with Crippen LogP contribution in [0.3, 0.4) is 0 Å². The van der Waals surface area contributed by atoms with E-state index >= 15 is 0 Å². The van der Waals surface area contributed by atoms with Crippen molar-refractivity contribution in [2.75, 3.05) is 6.54 Å². The molecule has 0 heterocycles. The Hall–Kier alpha value is 0.180. The average molecular weight is 124 g/mol. The molecule has 1 rings (SSSR count). The van der Waals surface area contributed by atoms with Gasteiger partial charge in [-0.05, 0) is 24.6 Å². The van der Waals surface area contributed by atoms with Crippen LogP contribution in [-0.2, 0) is 0 Å². The van der Waals surface area contributed by atoms with Gasteiger partial charge in [0.25, 0.3) is 0 Å². The molecule has 1 nitrogen and oxygen atoms in total. The largest absolute Gasteiger partial charge is 0.242 e. The highest BCUT2D eigenvalue weighted by molar-refractivity contribution is 6.13. The van der Waals surface area contributed by atoms with Crippen LogP contribution in [-0.4, -0.2) is 12.2 Å². The molecule has 0 aromatic carbocycles. The molecule has 1 fully saturated rings. The zero-order valence-corrected chi connectivity index (χ0v) is 4.63. The van der Waals surface area contributed by atoms with Crippen LogP contribution < -0.4 is 4.84 Å². The maximum absolute atomic E-state index is 12.4. The van der Waals surface area contributed by atoms with Crippen molar-refractivity contribution in [3.63, 3.8) is 0 Å². The Balaban J connectivity index is 2.13. The Morgan fingerprint density at radius 1 is 1.71 bits per heavy atom. The molecule has 3 heteroatoms. The fourth-order valence-electron chi connectivity index (χ4n) is 0.432. The minimum Gasteiger partial charge on any atom is -0.242 e. The molecule has 1 aliphatic carbocycles. The lowest BCUT2D eigenvalue weighted by atomic mass is 10.4. The summed E-state index contributed by atoms with van der Waals surface area (Å²) in [6, 6.07) is 0. The molecule has 0 radical (unpaired) electrons. The van der Waals surface area contributed by atoms with Crippen molar-refractivity contribution >= 4 is 11.8 Å². The summed E-state index contributed by atoms with van der Waals surface area (Å²) in [5.41, 5.74) is -0.943. The topological polar surface area (TPSA) is 12.0 Å². The zero-order valence-electron chi connectivity index (χ0n) is 3.88. The predicted molar refractivity (Wildman–Crippen MR) is 26.9 cm³/mol. The summed E-state index contributed by atoms with van der Waals surface area (Å²) >= 11 is 5.04. The van der Waals surface area contributed by atoms with Gasteiger partial charge in [-0.25, -0.2) is 9.23 Å². The van der Waals surface area contributed by atoms with Gasteiger partial charge >= 0.3 is 0 Å². The Bertz CT molecular complexity index is 72.1. The lowest BCUT2D eigenvalue weighted by Gasteiger charge is -1.97. The quantitative estimate of drug-likeness (QED) is 0.545. The average Bonchev–Trinajstić information content (AvgIpc) is 2.22. The van der Waals surface area contributed by atoms with E-state index in [2.05, 4.69) is 4.84 Å². The third-order valence-electron chi connectivity index (χ3n) is 1.18. The summed E-state index contributed by atoms with van der Waals surface area (Å²) in [5.74, 6) is 0. The van der Waals surface area contributed by atoms with Crippen molar-refractivity contribution in [1.29, 1.82) is 0 Å². The van der Waals surface area contributed by atoms with Gasteiger partial charge < -0.3 is 0 Å². The van der Waals surface area contributed by atoms with Gasteiger partial charge in [-0.1, -0.05) is 0 Å². The van der Waals surface area contributed by atoms with Crippen LogP contribution in [0.5, 0.6) is 0 Å². The number of hydrogen-bond donors (Lipinski definition) is 1. The van der Waals surface area contributed by atoms with Gasteiger partial charge in [-0.2, -0.15) is 0 Å². The van der Waals surface area contributed by atoms with Gasteiger partial charge in [-0.3, -0.25) is 0 Å². The van der Waals surface area contributed by atoms with Gasteiger partial charge in [0.05, 0.1) is 0 Å². The summed E-state index contributed by atoms with van der Waals surface area (Å²) in [6.07, 6.45) is 1.35. The van der Waals surface area contributed by atoms with Crippen LogP contribution in [0, 0.1) is 0 Å². The normalized spacial score (nSPS) is 24.9. The van der Waals surface area contributed by atoms with Crippen LogP contribution in [0.15, 0.2) is 0 Å². The second-order valence-corrected chi connectivity index (χ2v) is 2.23. The smallest absolute Gasteiger partial charge is 0.125 e. The fraction of sp³-hybridized carbons (Fsp3) is 1.00. The van der Waals surface area contributed by atoms with Crippen LogP contribution in [0.2, 0.25) is 0 Å². The maximum atomic E-state index is 12.4. The predicted octanol–water partition coefficient (Wildman–Crippen LogP) is 1.23. The highest BCUT2D eigenvalue weighted by Crippen LogP contribution is 2.38. The summed E-state index contributed by atoms with van der Waals surface area (Å²) in [7, 11) is 0. The number of rotatable bonds is 2. The SMILES string of the molecule is FC1(CNCl)CC1. The van der Waals surface area contributed by atoms with E-state index in [-0.39, 0.29) is 0 Å². The van der Waals surface area contributed by atoms with Crippen molar-refractivity contribution in [2.45, 2.75) is 18.5 Å². The summed E-state index contributed by atoms with van der Waals surface area (Å²) < 4.78 is 12.4. The van der Waals surface area contributed by atoms with E-state index in [1.54, 1.807) is 0 Å². The molecule has 0 atom stereocenters. The molecule has 0 aromatic heterocycles. The second-order valence-electron chi connectivity index (χ2n) is 1.96. The van der Waals surface area contributed by atoms with Crippen LogP contribution in [0.4, 0.5) is 4.39 Å². The highest BCUT2D eigenvalue weighted by atomic mass is 35.5. The van der Waals surface area contributed by atoms with E-state index in [4.69, 9.17) is 11.8 Å². The molecule has 0 amide bonds. The summed E-state index contributed by atoms with van der Waals surface area (Å²) in [5, 5.41) is 0. The molecule has 1 saturated carbocycles. The van der Waals surface area contributed by atoms with Gasteiger partial charge in [0, 0.05) is 6.54 Å². The molecular formula is C4H7ClFN. The van der Waals surface area contributed by atoms with E-state index in [1.807, 2.05) is 0 Å². The molecule has 0 aliphatic heterocycles. The van der Waals surface area contributed by atoms with Crippen molar-refractivity contribution < 1.29 is 4.39 Å².